The molecule has 8 nitrogen and oxygen atoms in total. The minimum Gasteiger partial charge on any atom is -0.461 e. The molecule has 0 radical (unpaired) electrons. The Balaban J connectivity index is 1.54. The summed E-state index contributed by atoms with van der Waals surface area (Å²) in [6.45, 7) is 7.57. The molecule has 29 heavy (non-hydrogen) atoms. The standard InChI is InChI=1S/C21H32N4O4/c1-14-19(16(3)26)15(2)25(22-14)9-6-18(27)24-10-7-21(8-11-24)12-17(13-23(4)5)29-20(21)28/h17H,6-13H2,1-5H3. The Morgan fingerprint density at radius 1 is 1.24 bits per heavy atom. The minimum absolute atomic E-state index is 0.00470. The molecule has 1 aromatic heterocycles. The number of aryl methyl sites for hydroxylation is 2. The number of esters is 1. The largest absolute Gasteiger partial charge is 0.461 e. The van der Waals surface area contributed by atoms with E-state index < -0.39 is 5.41 Å². The third-order valence-electron chi connectivity index (χ3n) is 6.24. The van der Waals surface area contributed by atoms with Gasteiger partial charge in [0.15, 0.2) is 5.78 Å². The number of carbonyl (C=O) groups excluding carboxylic acids is 3. The Morgan fingerprint density at radius 2 is 1.90 bits per heavy atom. The second-order valence-electron chi connectivity index (χ2n) is 8.73. The van der Waals surface area contributed by atoms with E-state index in [2.05, 4.69) is 5.10 Å². The van der Waals surface area contributed by atoms with Crippen LogP contribution in [-0.4, -0.2) is 77.1 Å². The van der Waals surface area contributed by atoms with E-state index in [1.165, 1.54) is 6.92 Å². The molecule has 2 aliphatic heterocycles. The van der Waals surface area contributed by atoms with Gasteiger partial charge in [-0.05, 0) is 47.7 Å². The van der Waals surface area contributed by atoms with E-state index >= 15 is 0 Å². The van der Waals surface area contributed by atoms with Gasteiger partial charge in [-0.3, -0.25) is 19.1 Å². The molecule has 0 aliphatic carbocycles. The van der Waals surface area contributed by atoms with E-state index in [1.54, 1.807) is 4.68 Å². The normalized spacial score (nSPS) is 21.1. The number of nitrogens with zero attached hydrogens (tertiary/aromatic N) is 4. The Labute approximate surface area is 172 Å². The number of hydrogen-bond donors (Lipinski definition) is 0. The highest BCUT2D eigenvalue weighted by atomic mass is 16.6. The summed E-state index contributed by atoms with van der Waals surface area (Å²) < 4.78 is 7.33. The van der Waals surface area contributed by atoms with E-state index in [-0.39, 0.29) is 23.8 Å². The van der Waals surface area contributed by atoms with Gasteiger partial charge in [0.05, 0.1) is 16.7 Å². The second kappa shape index (κ2) is 8.26. The molecule has 160 valence electrons. The summed E-state index contributed by atoms with van der Waals surface area (Å²) in [5, 5.41) is 4.41. The SMILES string of the molecule is CC(=O)c1c(C)nn(CCC(=O)N2CCC3(CC2)CC(CN(C)C)OC3=O)c1C. The lowest BCUT2D eigenvalue weighted by Crippen LogP contribution is -2.45. The Bertz CT molecular complexity index is 806. The zero-order chi connectivity index (χ0) is 21.3. The molecule has 2 saturated heterocycles. The van der Waals surface area contributed by atoms with Crippen LogP contribution in [0, 0.1) is 19.3 Å². The molecule has 2 fully saturated rings. The molecule has 0 saturated carbocycles. The molecule has 8 heteroatoms. The molecular weight excluding hydrogens is 372 g/mol. The van der Waals surface area contributed by atoms with Gasteiger partial charge in [0, 0.05) is 44.7 Å². The van der Waals surface area contributed by atoms with Crippen LogP contribution in [0.3, 0.4) is 0 Å². The lowest BCUT2D eigenvalue weighted by molar-refractivity contribution is -0.152. The smallest absolute Gasteiger partial charge is 0.312 e. The number of amides is 1. The van der Waals surface area contributed by atoms with Gasteiger partial charge in [0.1, 0.15) is 6.10 Å². The number of Topliss-reactive ketones (excluding diaryl/α,β-unsaturated/α-hetero) is 1. The fourth-order valence-corrected chi connectivity index (χ4v) is 4.72. The quantitative estimate of drug-likeness (QED) is 0.529. The summed E-state index contributed by atoms with van der Waals surface area (Å²) in [7, 11) is 3.95. The number of ketones is 1. The molecule has 2 aliphatic rings. The highest BCUT2D eigenvalue weighted by Crippen LogP contribution is 2.43. The first kappa shape index (κ1) is 21.5. The first-order valence-corrected chi connectivity index (χ1v) is 10.3. The summed E-state index contributed by atoms with van der Waals surface area (Å²) in [5.41, 5.74) is 1.73. The highest BCUT2D eigenvalue weighted by molar-refractivity contribution is 5.96. The van der Waals surface area contributed by atoms with E-state index in [4.69, 9.17) is 4.74 Å². The van der Waals surface area contributed by atoms with Crippen molar-refractivity contribution in [2.24, 2.45) is 5.41 Å². The topological polar surface area (TPSA) is 84.7 Å². The van der Waals surface area contributed by atoms with Crippen LogP contribution in [0.15, 0.2) is 0 Å². The van der Waals surface area contributed by atoms with Crippen LogP contribution in [-0.2, 0) is 20.9 Å². The van der Waals surface area contributed by atoms with Gasteiger partial charge >= 0.3 is 5.97 Å². The van der Waals surface area contributed by atoms with Crippen molar-refractivity contribution in [3.63, 3.8) is 0 Å². The van der Waals surface area contributed by atoms with E-state index in [9.17, 15) is 14.4 Å². The number of rotatable bonds is 6. The summed E-state index contributed by atoms with van der Waals surface area (Å²) >= 11 is 0. The monoisotopic (exact) mass is 404 g/mol. The molecule has 1 spiro atoms. The average molecular weight is 405 g/mol. The maximum Gasteiger partial charge on any atom is 0.312 e. The summed E-state index contributed by atoms with van der Waals surface area (Å²) in [5.74, 6) is -0.0428. The van der Waals surface area contributed by atoms with Gasteiger partial charge in [0.25, 0.3) is 0 Å². The molecular formula is C21H32N4O4. The number of aromatic nitrogens is 2. The average Bonchev–Trinajstić information content (AvgIpc) is 3.08. The van der Waals surface area contributed by atoms with Gasteiger partial charge in [-0.15, -0.1) is 0 Å². The fraction of sp³-hybridized carbons (Fsp3) is 0.714. The van der Waals surface area contributed by atoms with Crippen molar-refractivity contribution in [2.75, 3.05) is 33.7 Å². The van der Waals surface area contributed by atoms with Gasteiger partial charge < -0.3 is 14.5 Å². The van der Waals surface area contributed by atoms with E-state index in [0.29, 0.717) is 50.2 Å². The van der Waals surface area contributed by atoms with Crippen molar-refractivity contribution in [1.29, 1.82) is 0 Å². The Hall–Kier alpha value is -2.22. The van der Waals surface area contributed by atoms with Crippen molar-refractivity contribution in [2.45, 2.75) is 59.1 Å². The van der Waals surface area contributed by atoms with Gasteiger partial charge in [-0.2, -0.15) is 5.10 Å². The Kier molecular flexibility index (Phi) is 6.12. The number of likely N-dealkylation sites (tertiary alicyclic amines) is 1. The van der Waals surface area contributed by atoms with Crippen molar-refractivity contribution >= 4 is 17.7 Å². The Morgan fingerprint density at radius 3 is 2.45 bits per heavy atom. The van der Waals surface area contributed by atoms with Crippen LogP contribution < -0.4 is 0 Å². The maximum atomic E-state index is 12.7. The summed E-state index contributed by atoms with van der Waals surface area (Å²) in [4.78, 5) is 40.8. The number of likely N-dealkylation sites (N-methyl/N-ethyl adjacent to an activating group) is 1. The molecule has 3 heterocycles. The van der Waals surface area contributed by atoms with Gasteiger partial charge in [-0.25, -0.2) is 0 Å². The van der Waals surface area contributed by atoms with E-state index in [0.717, 1.165) is 18.7 Å². The molecule has 0 aromatic carbocycles. The van der Waals surface area contributed by atoms with Crippen molar-refractivity contribution in [1.82, 2.24) is 19.6 Å². The first-order chi connectivity index (χ1) is 13.6. The molecule has 3 rings (SSSR count). The predicted molar refractivity (Wildman–Crippen MR) is 108 cm³/mol. The molecule has 0 bridgehead atoms. The maximum absolute atomic E-state index is 12.7. The van der Waals surface area contributed by atoms with Crippen molar-refractivity contribution in [3.05, 3.63) is 17.0 Å². The first-order valence-electron chi connectivity index (χ1n) is 10.3. The fourth-order valence-electron chi connectivity index (χ4n) is 4.72. The second-order valence-corrected chi connectivity index (χ2v) is 8.73. The van der Waals surface area contributed by atoms with Crippen molar-refractivity contribution < 1.29 is 19.1 Å². The van der Waals surface area contributed by atoms with Gasteiger partial charge in [0.2, 0.25) is 5.91 Å². The molecule has 1 amide bonds. The van der Waals surface area contributed by atoms with Gasteiger partial charge in [-0.1, -0.05) is 0 Å². The molecule has 1 aromatic rings. The zero-order valence-corrected chi connectivity index (χ0v) is 18.2. The number of cyclic esters (lactones) is 1. The van der Waals surface area contributed by atoms with Crippen LogP contribution in [0.5, 0.6) is 0 Å². The minimum atomic E-state index is -0.427. The third kappa shape index (κ3) is 4.37. The molecule has 1 unspecified atom stereocenters. The predicted octanol–water partition coefficient (Wildman–Crippen LogP) is 1.58. The number of carbonyl (C=O) groups is 3. The molecule has 1 atom stereocenters. The number of hydrogen-bond acceptors (Lipinski definition) is 6. The lowest BCUT2D eigenvalue weighted by atomic mass is 9.76. The van der Waals surface area contributed by atoms with Crippen LogP contribution in [0.25, 0.3) is 0 Å². The van der Waals surface area contributed by atoms with Crippen LogP contribution in [0.4, 0.5) is 0 Å². The van der Waals surface area contributed by atoms with Crippen molar-refractivity contribution in [3.8, 4) is 0 Å². The highest BCUT2D eigenvalue weighted by Gasteiger charge is 2.50. The van der Waals surface area contributed by atoms with Crippen LogP contribution in [0.2, 0.25) is 0 Å². The summed E-state index contributed by atoms with van der Waals surface area (Å²) in [6, 6.07) is 0. The zero-order valence-electron chi connectivity index (χ0n) is 18.2. The molecule has 0 N–H and O–H groups in total. The van der Waals surface area contributed by atoms with E-state index in [1.807, 2.05) is 37.7 Å². The summed E-state index contributed by atoms with van der Waals surface area (Å²) in [6.07, 6.45) is 2.35. The number of ether oxygens (including phenoxy) is 1. The third-order valence-corrected chi connectivity index (χ3v) is 6.24. The number of piperidine rings is 1. The lowest BCUT2D eigenvalue weighted by Gasteiger charge is -2.36. The van der Waals surface area contributed by atoms with Crippen LogP contribution >= 0.6 is 0 Å². The van der Waals surface area contributed by atoms with Crippen LogP contribution in [0.1, 0.15) is 54.4 Å².